The summed E-state index contributed by atoms with van der Waals surface area (Å²) in [6, 6.07) is 15.6. The first-order valence-electron chi connectivity index (χ1n) is 16.5. The van der Waals surface area contributed by atoms with E-state index in [2.05, 4.69) is 53.7 Å². The maximum atomic E-state index is 13.2. The quantitative estimate of drug-likeness (QED) is 0.188. The Morgan fingerprint density at radius 2 is 1.65 bits per heavy atom. The maximum Gasteiger partial charge on any atom is 0.407 e. The van der Waals surface area contributed by atoms with Crippen LogP contribution in [-0.2, 0) is 40.8 Å². The first-order chi connectivity index (χ1) is 22.8. The molecule has 11 nitrogen and oxygen atoms in total. The molecule has 2 heterocycles. The number of nitrogens with one attached hydrogen (secondary N) is 1. The van der Waals surface area contributed by atoms with E-state index < -0.39 is 23.7 Å². The molecule has 1 aliphatic heterocycles. The molecule has 3 aromatic rings. The highest BCUT2D eigenvalue weighted by atomic mass is 32.2. The Kier molecular flexibility index (Phi) is 11.1. The largest absolute Gasteiger partial charge is 0.460 e. The summed E-state index contributed by atoms with van der Waals surface area (Å²) in [5.41, 5.74) is 4.15. The lowest BCUT2D eigenvalue weighted by Gasteiger charge is -2.42. The smallest absolute Gasteiger partial charge is 0.407 e. The Labute approximate surface area is 286 Å². The summed E-state index contributed by atoms with van der Waals surface area (Å²) in [6.45, 7) is 13.3. The van der Waals surface area contributed by atoms with Crippen LogP contribution in [0.4, 0.5) is 4.79 Å². The van der Waals surface area contributed by atoms with Crippen LogP contribution in [0.2, 0.25) is 0 Å². The van der Waals surface area contributed by atoms with Gasteiger partial charge < -0.3 is 24.3 Å². The lowest BCUT2D eigenvalue weighted by atomic mass is 9.85. The predicted octanol–water partition coefficient (Wildman–Crippen LogP) is 6.10. The van der Waals surface area contributed by atoms with Gasteiger partial charge in [0, 0.05) is 30.7 Å². The lowest BCUT2D eigenvalue weighted by Crippen LogP contribution is -2.48. The molecule has 0 bridgehead atoms. The molecule has 1 amide bonds. The second kappa shape index (κ2) is 15.1. The Morgan fingerprint density at radius 3 is 2.27 bits per heavy atom. The molecule has 1 aliphatic carbocycles. The topological polar surface area (TPSA) is 131 Å². The van der Waals surface area contributed by atoms with E-state index in [0.717, 1.165) is 22.3 Å². The molecule has 6 atom stereocenters. The van der Waals surface area contributed by atoms with Gasteiger partial charge in [0.1, 0.15) is 23.7 Å². The third-order valence-corrected chi connectivity index (χ3v) is 10.1. The van der Waals surface area contributed by atoms with Crippen LogP contribution in [0.1, 0.15) is 77.6 Å². The van der Waals surface area contributed by atoms with Crippen LogP contribution < -0.4 is 5.32 Å². The van der Waals surface area contributed by atoms with Gasteiger partial charge in [0.15, 0.2) is 0 Å². The second-order valence-electron chi connectivity index (χ2n) is 13.7. The number of amides is 1. The normalized spacial score (nSPS) is 22.7. The standard InChI is InChI=1S/C36H46N4O7S/c1-21-22(2)33(46-24(4)41)34(45-23(21)3)48-20-26-18-40(39-38-26)17-25(16-32(42)47-36(5,6)7)37-35(43)44-19-31-29-14-10-8-12-27(29)28-13-9-11-15-30(28)31/h8-15,18,21-23,25,31,33-34H,16-17,19-20H2,1-7H3,(H,37,43)/t21?,22?,23-,25-,33-,34?/m0/s1. The number of benzene rings is 2. The number of ether oxygens (including phenoxy) is 4. The van der Waals surface area contributed by atoms with Gasteiger partial charge in [-0.05, 0) is 55.9 Å². The molecule has 1 N–H and O–H groups in total. The third-order valence-electron chi connectivity index (χ3n) is 8.89. The van der Waals surface area contributed by atoms with Crippen LogP contribution >= 0.6 is 11.8 Å². The van der Waals surface area contributed by atoms with Gasteiger partial charge in [0.05, 0.1) is 30.8 Å². The lowest BCUT2D eigenvalue weighted by molar-refractivity contribution is -0.174. The molecule has 5 rings (SSSR count). The van der Waals surface area contributed by atoms with Gasteiger partial charge in [0.25, 0.3) is 0 Å². The minimum Gasteiger partial charge on any atom is -0.460 e. The summed E-state index contributed by atoms with van der Waals surface area (Å²) < 4.78 is 24.8. The van der Waals surface area contributed by atoms with E-state index in [1.807, 2.05) is 31.2 Å². The predicted molar refractivity (Wildman–Crippen MR) is 182 cm³/mol. The molecular formula is C36H46N4O7S. The molecule has 0 spiro atoms. The minimum atomic E-state index is -0.680. The summed E-state index contributed by atoms with van der Waals surface area (Å²) in [5.74, 6) is -0.0567. The number of hydrogen-bond donors (Lipinski definition) is 1. The maximum absolute atomic E-state index is 13.2. The van der Waals surface area contributed by atoms with Crippen LogP contribution in [-0.4, -0.2) is 68.9 Å². The molecule has 1 fully saturated rings. The first kappa shape index (κ1) is 35.4. The van der Waals surface area contributed by atoms with Crippen molar-refractivity contribution in [2.24, 2.45) is 11.8 Å². The molecule has 1 saturated heterocycles. The van der Waals surface area contributed by atoms with E-state index >= 15 is 0 Å². The number of aromatic nitrogens is 3. The molecule has 2 aliphatic rings. The minimum absolute atomic E-state index is 0.0117. The Balaban J connectivity index is 1.22. The monoisotopic (exact) mass is 678 g/mol. The van der Waals surface area contributed by atoms with E-state index in [4.69, 9.17) is 18.9 Å². The first-order valence-corrected chi connectivity index (χ1v) is 17.5. The summed E-state index contributed by atoms with van der Waals surface area (Å²) in [5, 5.41) is 11.4. The zero-order chi connectivity index (χ0) is 34.6. The average Bonchev–Trinajstić information content (AvgIpc) is 3.60. The molecule has 2 aromatic carbocycles. The molecular weight excluding hydrogens is 632 g/mol. The van der Waals surface area contributed by atoms with Crippen molar-refractivity contribution in [3.8, 4) is 11.1 Å². The highest BCUT2D eigenvalue weighted by molar-refractivity contribution is 7.99. The van der Waals surface area contributed by atoms with Gasteiger partial charge in [-0.2, -0.15) is 0 Å². The number of esters is 2. The van der Waals surface area contributed by atoms with Crippen LogP contribution in [0.15, 0.2) is 54.7 Å². The number of alkyl carbamates (subject to hydrolysis) is 1. The van der Waals surface area contributed by atoms with Crippen molar-refractivity contribution in [3.05, 3.63) is 71.5 Å². The third kappa shape index (κ3) is 8.76. The van der Waals surface area contributed by atoms with E-state index in [-0.39, 0.29) is 60.9 Å². The van der Waals surface area contributed by atoms with Crippen molar-refractivity contribution in [2.75, 3.05) is 6.61 Å². The van der Waals surface area contributed by atoms with E-state index in [1.54, 1.807) is 31.6 Å². The average molecular weight is 679 g/mol. The number of carbonyl (C=O) groups is 3. The van der Waals surface area contributed by atoms with Crippen LogP contribution in [0.3, 0.4) is 0 Å². The van der Waals surface area contributed by atoms with Crippen molar-refractivity contribution in [2.45, 2.75) is 102 Å². The molecule has 3 unspecified atom stereocenters. The number of carbonyl (C=O) groups excluding carboxylic acids is 3. The number of nitrogens with zero attached hydrogens (tertiary/aromatic N) is 3. The van der Waals surface area contributed by atoms with Gasteiger partial charge in [0.2, 0.25) is 0 Å². The molecule has 1 aromatic heterocycles. The van der Waals surface area contributed by atoms with Crippen LogP contribution in [0.25, 0.3) is 11.1 Å². The fraction of sp³-hybridized carbons (Fsp3) is 0.528. The van der Waals surface area contributed by atoms with E-state index in [1.165, 1.54) is 18.7 Å². The molecule has 12 heteroatoms. The van der Waals surface area contributed by atoms with Crippen molar-refractivity contribution < 1.29 is 33.3 Å². The van der Waals surface area contributed by atoms with Crippen LogP contribution in [0.5, 0.6) is 0 Å². The summed E-state index contributed by atoms with van der Waals surface area (Å²) >= 11 is 1.50. The van der Waals surface area contributed by atoms with Gasteiger partial charge >= 0.3 is 18.0 Å². The molecule has 0 saturated carbocycles. The number of thioether (sulfide) groups is 1. The number of rotatable bonds is 11. The summed E-state index contributed by atoms with van der Waals surface area (Å²) in [6.07, 6.45) is 0.684. The van der Waals surface area contributed by atoms with Crippen molar-refractivity contribution in [1.82, 2.24) is 20.3 Å². The molecule has 0 radical (unpaired) electrons. The van der Waals surface area contributed by atoms with E-state index in [0.29, 0.717) is 11.4 Å². The Bertz CT molecular complexity index is 1560. The van der Waals surface area contributed by atoms with Crippen molar-refractivity contribution >= 4 is 29.8 Å². The molecule has 48 heavy (non-hydrogen) atoms. The van der Waals surface area contributed by atoms with Crippen molar-refractivity contribution in [3.63, 3.8) is 0 Å². The van der Waals surface area contributed by atoms with Crippen molar-refractivity contribution in [1.29, 1.82) is 0 Å². The zero-order valence-electron chi connectivity index (χ0n) is 28.7. The summed E-state index contributed by atoms with van der Waals surface area (Å²) in [4.78, 5) is 37.8. The highest BCUT2D eigenvalue weighted by Crippen LogP contribution is 2.44. The van der Waals surface area contributed by atoms with Gasteiger partial charge in [-0.15, -0.1) is 16.9 Å². The highest BCUT2D eigenvalue weighted by Gasteiger charge is 2.42. The van der Waals surface area contributed by atoms with Gasteiger partial charge in [-0.3, -0.25) is 14.3 Å². The van der Waals surface area contributed by atoms with E-state index in [9.17, 15) is 14.4 Å². The van der Waals surface area contributed by atoms with Crippen LogP contribution in [0, 0.1) is 11.8 Å². The zero-order valence-corrected chi connectivity index (χ0v) is 29.5. The SMILES string of the molecule is CC(=O)O[C@@H]1C(SCc2cn(C[C@H](CC(=O)OC(C)(C)C)NC(=O)OCC3c4ccccc4-c4ccccc43)nn2)O[C@@H](C)C(C)C1C. The summed E-state index contributed by atoms with van der Waals surface area (Å²) in [7, 11) is 0. The van der Waals surface area contributed by atoms with Gasteiger partial charge in [-0.25, -0.2) is 4.79 Å². The Hall–Kier alpha value is -3.90. The number of hydrogen-bond acceptors (Lipinski definition) is 10. The van der Waals surface area contributed by atoms with Gasteiger partial charge in [-0.1, -0.05) is 67.6 Å². The number of fused-ring (bicyclic) bond motifs is 3. The Morgan fingerprint density at radius 1 is 1.00 bits per heavy atom. The molecule has 258 valence electrons. The fourth-order valence-electron chi connectivity index (χ4n) is 6.32. The fourth-order valence-corrected chi connectivity index (χ4v) is 7.53. The second-order valence-corrected chi connectivity index (χ2v) is 14.8.